The van der Waals surface area contributed by atoms with E-state index in [1.807, 2.05) is 18.2 Å². The Kier molecular flexibility index (Phi) is 4.98. The number of H-pyrrole nitrogens is 1. The molecule has 24 heavy (non-hydrogen) atoms. The first-order valence-electron chi connectivity index (χ1n) is 6.96. The Labute approximate surface area is 147 Å². The summed E-state index contributed by atoms with van der Waals surface area (Å²) in [5.74, 6) is -0.742. The normalized spacial score (nSPS) is 11.5. The molecule has 1 N–H and O–H groups in total. The Morgan fingerprint density at radius 3 is 2.50 bits per heavy atom. The highest BCUT2D eigenvalue weighted by Gasteiger charge is 2.10. The second kappa shape index (κ2) is 7.33. The van der Waals surface area contributed by atoms with E-state index in [4.69, 9.17) is 11.6 Å². The maximum atomic E-state index is 11.3. The molecule has 0 aliphatic heterocycles. The predicted molar refractivity (Wildman–Crippen MR) is 92.1 cm³/mol. The van der Waals surface area contributed by atoms with E-state index < -0.39 is 5.97 Å². The number of aromatic amines is 1. The number of hydrogen-bond donors (Lipinski definition) is 1. The fourth-order valence-electron chi connectivity index (χ4n) is 1.96. The molecule has 3 aromatic rings. The number of carboxylic acid groups (broad SMARTS) is 1. The van der Waals surface area contributed by atoms with E-state index in [1.54, 1.807) is 36.4 Å². The van der Waals surface area contributed by atoms with E-state index >= 15 is 0 Å². The number of nitrogens with zero attached hydrogens (tertiary/aromatic N) is 2. The van der Waals surface area contributed by atoms with Crippen LogP contribution in [0.3, 0.4) is 0 Å². The van der Waals surface area contributed by atoms with Gasteiger partial charge in [0.15, 0.2) is 5.82 Å². The summed E-state index contributed by atoms with van der Waals surface area (Å²) in [5.41, 5.74) is 1.57. The molecule has 0 bridgehead atoms. The molecule has 1 heterocycles. The number of nitrogens with one attached hydrogen (secondary N) is 1. The van der Waals surface area contributed by atoms with Gasteiger partial charge < -0.3 is 9.90 Å². The molecule has 1 aromatic heterocycles. The first-order valence-corrected chi connectivity index (χ1v) is 8.15. The predicted octanol–water partition coefficient (Wildman–Crippen LogP) is 3.01. The van der Waals surface area contributed by atoms with E-state index in [0.29, 0.717) is 16.0 Å². The van der Waals surface area contributed by atoms with Crippen molar-refractivity contribution in [2.24, 2.45) is 0 Å². The molecule has 0 radical (unpaired) electrons. The zero-order chi connectivity index (χ0) is 16.9. The molecular formula is C17H11ClN3O2S-. The van der Waals surface area contributed by atoms with Gasteiger partial charge in [-0.3, -0.25) is 5.10 Å². The number of aromatic nitrogens is 3. The summed E-state index contributed by atoms with van der Waals surface area (Å²) in [6, 6.07) is 16.2. The van der Waals surface area contributed by atoms with Crippen molar-refractivity contribution in [3.8, 4) is 11.4 Å². The van der Waals surface area contributed by atoms with Crippen molar-refractivity contribution in [3.63, 3.8) is 0 Å². The molecule has 120 valence electrons. The summed E-state index contributed by atoms with van der Waals surface area (Å²) in [6.07, 6.45) is 1.53. The standard InChI is InChI=1S/C17H12ClN3O2S/c18-13-8-6-12(7-9-13)15-19-17(21-20-15)24-14(16(22)23)10-11-4-2-1-3-5-11/h1-10H,(H,22,23)(H,19,20,21)/p-1/b14-10-. The molecule has 5 nitrogen and oxygen atoms in total. The van der Waals surface area contributed by atoms with Crippen LogP contribution in [0.25, 0.3) is 17.5 Å². The fraction of sp³-hybridized carbons (Fsp3) is 0. The lowest BCUT2D eigenvalue weighted by Crippen LogP contribution is -2.23. The van der Waals surface area contributed by atoms with Crippen molar-refractivity contribution >= 4 is 35.4 Å². The first-order chi connectivity index (χ1) is 11.6. The van der Waals surface area contributed by atoms with Crippen molar-refractivity contribution in [3.05, 3.63) is 70.1 Å². The van der Waals surface area contributed by atoms with Gasteiger partial charge in [0.25, 0.3) is 0 Å². The van der Waals surface area contributed by atoms with Gasteiger partial charge in [-0.15, -0.1) is 5.10 Å². The third kappa shape index (κ3) is 4.04. The molecule has 0 amide bonds. The quantitative estimate of drug-likeness (QED) is 0.561. The Balaban J connectivity index is 1.83. The van der Waals surface area contributed by atoms with Crippen LogP contribution in [0.2, 0.25) is 5.02 Å². The first kappa shape index (κ1) is 16.3. The highest BCUT2D eigenvalue weighted by molar-refractivity contribution is 8.04. The SMILES string of the molecule is O=C([O-])/C(=C/c1ccccc1)Sc1n[nH]c(-c2ccc(Cl)cc2)n1. The van der Waals surface area contributed by atoms with E-state index in [2.05, 4.69) is 15.2 Å². The second-order valence-electron chi connectivity index (χ2n) is 4.78. The van der Waals surface area contributed by atoms with Crippen molar-refractivity contribution < 1.29 is 9.90 Å². The number of halogens is 1. The molecule has 2 aromatic carbocycles. The van der Waals surface area contributed by atoms with Crippen LogP contribution in [0, 0.1) is 0 Å². The molecule has 0 atom stereocenters. The summed E-state index contributed by atoms with van der Waals surface area (Å²) in [6.45, 7) is 0. The van der Waals surface area contributed by atoms with E-state index in [0.717, 1.165) is 22.9 Å². The van der Waals surface area contributed by atoms with Crippen LogP contribution >= 0.6 is 23.4 Å². The van der Waals surface area contributed by atoms with Crippen LogP contribution in [0.15, 0.2) is 64.7 Å². The number of carboxylic acids is 1. The van der Waals surface area contributed by atoms with E-state index in [-0.39, 0.29) is 4.91 Å². The van der Waals surface area contributed by atoms with Gasteiger partial charge in [0.1, 0.15) is 0 Å². The number of carbonyl (C=O) groups excluding carboxylic acids is 1. The van der Waals surface area contributed by atoms with Gasteiger partial charge in [0.2, 0.25) is 5.16 Å². The lowest BCUT2D eigenvalue weighted by molar-refractivity contribution is -0.297. The number of carbonyl (C=O) groups is 1. The van der Waals surface area contributed by atoms with Gasteiger partial charge in [-0.05, 0) is 47.7 Å². The van der Waals surface area contributed by atoms with Gasteiger partial charge in [-0.2, -0.15) is 0 Å². The maximum Gasteiger partial charge on any atom is 0.213 e. The highest BCUT2D eigenvalue weighted by atomic mass is 35.5. The molecular weight excluding hydrogens is 346 g/mol. The van der Waals surface area contributed by atoms with Crippen LogP contribution in [0.4, 0.5) is 0 Å². The average Bonchev–Trinajstić information content (AvgIpc) is 3.04. The van der Waals surface area contributed by atoms with Gasteiger partial charge in [0, 0.05) is 15.5 Å². The summed E-state index contributed by atoms with van der Waals surface area (Å²) < 4.78 is 0. The van der Waals surface area contributed by atoms with Gasteiger partial charge in [0.05, 0.1) is 5.97 Å². The minimum Gasteiger partial charge on any atom is -0.544 e. The summed E-state index contributed by atoms with van der Waals surface area (Å²) in [5, 5.41) is 19.1. The monoisotopic (exact) mass is 356 g/mol. The number of hydrogen-bond acceptors (Lipinski definition) is 5. The van der Waals surface area contributed by atoms with Crippen molar-refractivity contribution in [1.29, 1.82) is 0 Å². The average molecular weight is 357 g/mol. The Hall–Kier alpha value is -2.57. The van der Waals surface area contributed by atoms with E-state index in [1.165, 1.54) is 6.08 Å². The molecule has 0 spiro atoms. The van der Waals surface area contributed by atoms with Gasteiger partial charge in [-0.1, -0.05) is 41.9 Å². The van der Waals surface area contributed by atoms with Gasteiger partial charge >= 0.3 is 0 Å². The number of benzene rings is 2. The maximum absolute atomic E-state index is 11.3. The van der Waals surface area contributed by atoms with Crippen molar-refractivity contribution in [1.82, 2.24) is 15.2 Å². The molecule has 3 rings (SSSR count). The molecule has 7 heteroatoms. The minimum absolute atomic E-state index is 0.0304. The fourth-order valence-corrected chi connectivity index (χ4v) is 2.79. The summed E-state index contributed by atoms with van der Waals surface area (Å²) >= 11 is 6.78. The van der Waals surface area contributed by atoms with Crippen LogP contribution in [-0.2, 0) is 4.79 Å². The molecule has 0 fully saturated rings. The smallest absolute Gasteiger partial charge is 0.213 e. The molecule has 0 saturated carbocycles. The van der Waals surface area contributed by atoms with Crippen molar-refractivity contribution in [2.45, 2.75) is 5.16 Å². The van der Waals surface area contributed by atoms with Gasteiger partial charge in [-0.25, -0.2) is 4.98 Å². The lowest BCUT2D eigenvalue weighted by atomic mass is 10.2. The van der Waals surface area contributed by atoms with Crippen molar-refractivity contribution in [2.75, 3.05) is 0 Å². The third-order valence-electron chi connectivity index (χ3n) is 3.08. The molecule has 0 aliphatic rings. The highest BCUT2D eigenvalue weighted by Crippen LogP contribution is 2.27. The topological polar surface area (TPSA) is 81.7 Å². The number of aliphatic carboxylic acids is 1. The van der Waals surface area contributed by atoms with Crippen LogP contribution in [-0.4, -0.2) is 21.2 Å². The zero-order valence-corrected chi connectivity index (χ0v) is 13.8. The Bertz CT molecular complexity index is 876. The summed E-state index contributed by atoms with van der Waals surface area (Å²) in [7, 11) is 0. The minimum atomic E-state index is -1.28. The lowest BCUT2D eigenvalue weighted by Gasteiger charge is -2.05. The Morgan fingerprint density at radius 1 is 1.12 bits per heavy atom. The second-order valence-corrected chi connectivity index (χ2v) is 6.23. The third-order valence-corrected chi connectivity index (χ3v) is 4.20. The van der Waals surface area contributed by atoms with Crippen LogP contribution in [0.1, 0.15) is 5.56 Å². The zero-order valence-electron chi connectivity index (χ0n) is 12.3. The largest absolute Gasteiger partial charge is 0.544 e. The molecule has 0 unspecified atom stereocenters. The number of rotatable bonds is 5. The van der Waals surface area contributed by atoms with Crippen LogP contribution in [0.5, 0.6) is 0 Å². The van der Waals surface area contributed by atoms with Crippen LogP contribution < -0.4 is 5.11 Å². The number of thioether (sulfide) groups is 1. The molecule has 0 saturated heterocycles. The van der Waals surface area contributed by atoms with E-state index in [9.17, 15) is 9.90 Å². The summed E-state index contributed by atoms with van der Waals surface area (Å²) in [4.78, 5) is 15.7. The Morgan fingerprint density at radius 2 is 1.83 bits per heavy atom. The molecule has 0 aliphatic carbocycles.